The molecular weight excluding hydrogens is 398 g/mol. The van der Waals surface area contributed by atoms with E-state index in [1.165, 1.54) is 0 Å². The van der Waals surface area contributed by atoms with Crippen LogP contribution in [0.15, 0.2) is 78.4 Å². The van der Waals surface area contributed by atoms with E-state index < -0.39 is 5.91 Å². The van der Waals surface area contributed by atoms with Crippen molar-refractivity contribution in [1.82, 2.24) is 4.57 Å². The number of methoxy groups -OCH3 is 1. The van der Waals surface area contributed by atoms with Crippen LogP contribution in [0.2, 0.25) is 0 Å². The normalized spacial score (nSPS) is 11.2. The van der Waals surface area contributed by atoms with Gasteiger partial charge in [0, 0.05) is 22.5 Å². The van der Waals surface area contributed by atoms with Gasteiger partial charge in [-0.05, 0) is 67.3 Å². The predicted molar refractivity (Wildman–Crippen MR) is 128 cm³/mol. The van der Waals surface area contributed by atoms with Gasteiger partial charge in [-0.25, -0.2) is 0 Å². The van der Waals surface area contributed by atoms with Crippen LogP contribution < -0.4 is 10.1 Å². The number of amides is 1. The summed E-state index contributed by atoms with van der Waals surface area (Å²) in [4.78, 5) is 12.7. The number of rotatable bonds is 5. The van der Waals surface area contributed by atoms with Gasteiger partial charge < -0.3 is 14.6 Å². The second-order valence-electron chi connectivity index (χ2n) is 7.51. The van der Waals surface area contributed by atoms with Gasteiger partial charge in [-0.2, -0.15) is 5.26 Å². The molecule has 0 aliphatic heterocycles. The Kier molecular flexibility index (Phi) is 5.78. The molecule has 0 aliphatic rings. The highest BCUT2D eigenvalue weighted by Crippen LogP contribution is 2.28. The first kappa shape index (κ1) is 21.0. The number of ether oxygens (including phenoxy) is 1. The van der Waals surface area contributed by atoms with Crippen molar-refractivity contribution in [2.75, 3.05) is 12.4 Å². The van der Waals surface area contributed by atoms with E-state index in [0.717, 1.165) is 33.4 Å². The molecule has 3 aromatic carbocycles. The van der Waals surface area contributed by atoms with Gasteiger partial charge in [-0.1, -0.05) is 36.4 Å². The molecule has 5 heteroatoms. The number of benzene rings is 3. The zero-order valence-corrected chi connectivity index (χ0v) is 18.2. The number of hydrogen-bond donors (Lipinski definition) is 1. The SMILES string of the molecule is COc1ccc(NC(=O)C(C#N)=Cc2cc(C)n(-c3cccc4ccccc34)c2C)cc1. The molecule has 0 radical (unpaired) electrons. The topological polar surface area (TPSA) is 67.0 Å². The van der Waals surface area contributed by atoms with Crippen LogP contribution >= 0.6 is 0 Å². The number of anilines is 1. The maximum atomic E-state index is 12.7. The van der Waals surface area contributed by atoms with Crippen molar-refractivity contribution < 1.29 is 9.53 Å². The highest BCUT2D eigenvalue weighted by atomic mass is 16.5. The van der Waals surface area contributed by atoms with Gasteiger partial charge in [0.2, 0.25) is 0 Å². The summed E-state index contributed by atoms with van der Waals surface area (Å²) >= 11 is 0. The molecule has 1 aromatic heterocycles. The number of carbonyl (C=O) groups excluding carboxylic acids is 1. The van der Waals surface area contributed by atoms with Gasteiger partial charge >= 0.3 is 0 Å². The van der Waals surface area contributed by atoms with E-state index in [-0.39, 0.29) is 5.57 Å². The van der Waals surface area contributed by atoms with E-state index in [9.17, 15) is 10.1 Å². The fourth-order valence-corrected chi connectivity index (χ4v) is 3.88. The Balaban J connectivity index is 1.69. The van der Waals surface area contributed by atoms with Gasteiger partial charge in [-0.3, -0.25) is 4.79 Å². The Morgan fingerprint density at radius 2 is 1.75 bits per heavy atom. The predicted octanol–water partition coefficient (Wildman–Crippen LogP) is 5.80. The monoisotopic (exact) mass is 421 g/mol. The van der Waals surface area contributed by atoms with Crippen LogP contribution in [0, 0.1) is 25.2 Å². The fourth-order valence-electron chi connectivity index (χ4n) is 3.88. The average Bonchev–Trinajstić information content (AvgIpc) is 3.10. The lowest BCUT2D eigenvalue weighted by Gasteiger charge is -2.13. The Morgan fingerprint density at radius 3 is 2.47 bits per heavy atom. The van der Waals surface area contributed by atoms with Crippen molar-refractivity contribution in [1.29, 1.82) is 5.26 Å². The molecule has 0 bridgehead atoms. The van der Waals surface area contributed by atoms with E-state index in [4.69, 9.17) is 4.74 Å². The summed E-state index contributed by atoms with van der Waals surface area (Å²) in [7, 11) is 1.58. The van der Waals surface area contributed by atoms with Crippen LogP contribution in [0.5, 0.6) is 5.75 Å². The molecule has 0 aliphatic carbocycles. The molecule has 0 atom stereocenters. The number of fused-ring (bicyclic) bond motifs is 1. The number of aryl methyl sites for hydroxylation is 1. The molecule has 32 heavy (non-hydrogen) atoms. The highest BCUT2D eigenvalue weighted by Gasteiger charge is 2.15. The van der Waals surface area contributed by atoms with E-state index in [1.807, 2.05) is 44.2 Å². The Morgan fingerprint density at radius 1 is 1.03 bits per heavy atom. The Bertz CT molecular complexity index is 1370. The Labute approximate surface area is 187 Å². The first-order valence-corrected chi connectivity index (χ1v) is 10.3. The summed E-state index contributed by atoms with van der Waals surface area (Å²) in [5.74, 6) is 0.243. The van der Waals surface area contributed by atoms with Gasteiger partial charge in [0.25, 0.3) is 5.91 Å². The minimum absolute atomic E-state index is 0.0407. The van der Waals surface area contributed by atoms with E-state index in [0.29, 0.717) is 11.4 Å². The van der Waals surface area contributed by atoms with E-state index >= 15 is 0 Å². The largest absolute Gasteiger partial charge is 0.497 e. The Hall–Kier alpha value is -4.30. The standard InChI is InChI=1S/C27H23N3O2/c1-18-15-21(16-22(17-28)27(31)29-23-11-13-24(32-3)14-12-23)19(2)30(18)26-10-6-8-20-7-4-5-9-25(20)26/h4-16H,1-3H3,(H,29,31). The van der Waals surface area contributed by atoms with Crippen LogP contribution in [-0.2, 0) is 4.79 Å². The lowest BCUT2D eigenvalue weighted by Crippen LogP contribution is -2.13. The molecular formula is C27H23N3O2. The van der Waals surface area contributed by atoms with Crippen LogP contribution in [0.1, 0.15) is 17.0 Å². The fraction of sp³-hybridized carbons (Fsp3) is 0.111. The smallest absolute Gasteiger partial charge is 0.266 e. The summed E-state index contributed by atoms with van der Waals surface area (Å²) in [6.07, 6.45) is 1.64. The second-order valence-corrected chi connectivity index (χ2v) is 7.51. The molecule has 4 rings (SSSR count). The van der Waals surface area contributed by atoms with Crippen molar-refractivity contribution in [2.24, 2.45) is 0 Å². The average molecular weight is 422 g/mol. The lowest BCUT2D eigenvalue weighted by molar-refractivity contribution is -0.112. The molecule has 1 amide bonds. The van der Waals surface area contributed by atoms with Crippen molar-refractivity contribution in [3.05, 3.63) is 95.3 Å². The lowest BCUT2D eigenvalue weighted by atomic mass is 10.1. The zero-order valence-electron chi connectivity index (χ0n) is 18.2. The van der Waals surface area contributed by atoms with Gasteiger partial charge in [-0.15, -0.1) is 0 Å². The first-order chi connectivity index (χ1) is 15.5. The first-order valence-electron chi connectivity index (χ1n) is 10.3. The van der Waals surface area contributed by atoms with Crippen molar-refractivity contribution in [2.45, 2.75) is 13.8 Å². The van der Waals surface area contributed by atoms with Crippen LogP contribution in [0.3, 0.4) is 0 Å². The number of nitrogens with one attached hydrogen (secondary N) is 1. The zero-order chi connectivity index (χ0) is 22.7. The molecule has 0 unspecified atom stereocenters. The van der Waals surface area contributed by atoms with Crippen LogP contribution in [0.25, 0.3) is 22.5 Å². The van der Waals surface area contributed by atoms with Gasteiger partial charge in [0.1, 0.15) is 17.4 Å². The summed E-state index contributed by atoms with van der Waals surface area (Å²) in [5.41, 5.74) is 4.52. The van der Waals surface area contributed by atoms with Gasteiger partial charge in [0.15, 0.2) is 0 Å². The third-order valence-electron chi connectivity index (χ3n) is 5.49. The minimum Gasteiger partial charge on any atom is -0.497 e. The van der Waals surface area contributed by atoms with Crippen molar-refractivity contribution in [3.63, 3.8) is 0 Å². The number of carbonyl (C=O) groups is 1. The maximum absolute atomic E-state index is 12.7. The van der Waals surface area contributed by atoms with Gasteiger partial charge in [0.05, 0.1) is 12.8 Å². The molecule has 1 N–H and O–H groups in total. The molecule has 1 heterocycles. The molecule has 4 aromatic rings. The molecule has 5 nitrogen and oxygen atoms in total. The maximum Gasteiger partial charge on any atom is 0.266 e. The molecule has 158 valence electrons. The quantitative estimate of drug-likeness (QED) is 0.327. The molecule has 0 saturated carbocycles. The summed E-state index contributed by atoms with van der Waals surface area (Å²) in [6.45, 7) is 4.02. The molecule has 0 fully saturated rings. The third kappa shape index (κ3) is 3.99. The van der Waals surface area contributed by atoms with E-state index in [1.54, 1.807) is 37.5 Å². The molecule has 0 saturated heterocycles. The number of aromatic nitrogens is 1. The number of nitrogens with zero attached hydrogens (tertiary/aromatic N) is 2. The summed E-state index contributed by atoms with van der Waals surface area (Å²) < 4.78 is 7.29. The highest BCUT2D eigenvalue weighted by molar-refractivity contribution is 6.09. The summed E-state index contributed by atoms with van der Waals surface area (Å²) in [6, 6.07) is 25.4. The van der Waals surface area contributed by atoms with Crippen molar-refractivity contribution in [3.8, 4) is 17.5 Å². The van der Waals surface area contributed by atoms with Crippen molar-refractivity contribution >= 4 is 28.4 Å². The number of nitriles is 1. The second kappa shape index (κ2) is 8.83. The van der Waals surface area contributed by atoms with Crippen LogP contribution in [-0.4, -0.2) is 17.6 Å². The molecule has 0 spiro atoms. The summed E-state index contributed by atoms with van der Waals surface area (Å²) in [5, 5.41) is 14.7. The third-order valence-corrected chi connectivity index (χ3v) is 5.49. The van der Waals surface area contributed by atoms with E-state index in [2.05, 4.69) is 34.1 Å². The minimum atomic E-state index is -0.451. The van der Waals surface area contributed by atoms with Crippen LogP contribution in [0.4, 0.5) is 5.69 Å². The number of hydrogen-bond acceptors (Lipinski definition) is 3.